The van der Waals surface area contributed by atoms with Crippen LogP contribution in [0.2, 0.25) is 0 Å². The lowest BCUT2D eigenvalue weighted by atomic mass is 10.3. The van der Waals surface area contributed by atoms with Crippen LogP contribution in [0, 0.1) is 0 Å². The molecular formula is C8H13N3O3. The molecule has 0 saturated carbocycles. The Hall–Kier alpha value is -1.40. The summed E-state index contributed by atoms with van der Waals surface area (Å²) in [6, 6.07) is 1.58. The number of hydrogen-bond donors (Lipinski definition) is 2. The maximum atomic E-state index is 11.1. The van der Waals surface area contributed by atoms with Crippen LogP contribution in [0.15, 0.2) is 6.07 Å². The molecule has 0 aliphatic rings. The number of rotatable bonds is 4. The van der Waals surface area contributed by atoms with Gasteiger partial charge in [-0.1, -0.05) is 0 Å². The highest BCUT2D eigenvalue weighted by Crippen LogP contribution is 2.05. The largest absolute Gasteiger partial charge is 0.464 e. The molecular weight excluding hydrogens is 186 g/mol. The predicted molar refractivity (Wildman–Crippen MR) is 47.9 cm³/mol. The van der Waals surface area contributed by atoms with E-state index in [1.807, 2.05) is 12.4 Å². The molecule has 0 unspecified atom stereocenters. The molecule has 0 spiro atoms. The summed E-state index contributed by atoms with van der Waals surface area (Å²) < 4.78 is 6.15. The monoisotopic (exact) mass is 199 g/mol. The number of hydrogen-bond acceptors (Lipinski definition) is 5. The first kappa shape index (κ1) is 10.7. The average molecular weight is 199 g/mol. The summed E-state index contributed by atoms with van der Waals surface area (Å²) >= 11 is 0. The fraction of sp³-hybridized carbons (Fsp3) is 0.500. The Bertz CT molecular complexity index is 322. The maximum Gasteiger partial charge on any atom is 0.358 e. The molecule has 0 saturated heterocycles. The molecule has 1 heterocycles. The van der Waals surface area contributed by atoms with Crippen molar-refractivity contribution in [2.45, 2.75) is 20.0 Å². The zero-order valence-corrected chi connectivity index (χ0v) is 8.15. The van der Waals surface area contributed by atoms with Crippen LogP contribution in [-0.2, 0) is 17.8 Å². The second kappa shape index (κ2) is 4.73. The van der Waals surface area contributed by atoms with E-state index in [1.165, 1.54) is 7.11 Å². The Morgan fingerprint density at radius 3 is 3.00 bits per heavy atom. The van der Waals surface area contributed by atoms with Crippen molar-refractivity contribution in [3.8, 4) is 0 Å². The smallest absolute Gasteiger partial charge is 0.358 e. The Morgan fingerprint density at radius 2 is 2.50 bits per heavy atom. The van der Waals surface area contributed by atoms with Gasteiger partial charge in [0.05, 0.1) is 19.3 Å². The van der Waals surface area contributed by atoms with Gasteiger partial charge in [0.15, 0.2) is 5.69 Å². The molecule has 1 rings (SSSR count). The molecule has 6 nitrogen and oxygen atoms in total. The molecule has 0 atom stereocenters. The fourth-order valence-corrected chi connectivity index (χ4v) is 1.16. The number of aromatic nitrogens is 2. The zero-order valence-electron chi connectivity index (χ0n) is 8.15. The number of ether oxygens (including phenoxy) is 1. The van der Waals surface area contributed by atoms with Crippen LogP contribution >= 0.6 is 0 Å². The van der Waals surface area contributed by atoms with Crippen LogP contribution in [0.25, 0.3) is 0 Å². The third kappa shape index (κ3) is 2.09. The number of hydroxylamine groups is 1. The van der Waals surface area contributed by atoms with Gasteiger partial charge < -0.3 is 9.94 Å². The first-order valence-corrected chi connectivity index (χ1v) is 4.25. The van der Waals surface area contributed by atoms with E-state index >= 15 is 0 Å². The van der Waals surface area contributed by atoms with Gasteiger partial charge in [-0.2, -0.15) is 10.6 Å². The van der Waals surface area contributed by atoms with Gasteiger partial charge in [0.2, 0.25) is 0 Å². The van der Waals surface area contributed by atoms with Gasteiger partial charge in [0, 0.05) is 6.54 Å². The molecule has 0 aromatic carbocycles. The van der Waals surface area contributed by atoms with Crippen LogP contribution in [0.1, 0.15) is 23.1 Å². The Kier molecular flexibility index (Phi) is 3.61. The van der Waals surface area contributed by atoms with Gasteiger partial charge in [0.25, 0.3) is 0 Å². The fourth-order valence-electron chi connectivity index (χ4n) is 1.16. The van der Waals surface area contributed by atoms with Gasteiger partial charge >= 0.3 is 5.97 Å². The van der Waals surface area contributed by atoms with E-state index in [-0.39, 0.29) is 12.2 Å². The van der Waals surface area contributed by atoms with Crippen LogP contribution in [-0.4, -0.2) is 28.1 Å². The van der Waals surface area contributed by atoms with Gasteiger partial charge in [-0.25, -0.2) is 4.79 Å². The summed E-state index contributed by atoms with van der Waals surface area (Å²) in [5.74, 6) is -0.476. The Morgan fingerprint density at radius 1 is 1.79 bits per heavy atom. The van der Waals surface area contributed by atoms with E-state index < -0.39 is 5.97 Å². The molecule has 1 aromatic heterocycles. The van der Waals surface area contributed by atoms with E-state index in [2.05, 4.69) is 9.84 Å². The van der Waals surface area contributed by atoms with E-state index in [0.717, 1.165) is 5.69 Å². The van der Waals surface area contributed by atoms with Crippen molar-refractivity contribution >= 4 is 5.97 Å². The second-order valence-electron chi connectivity index (χ2n) is 2.66. The topological polar surface area (TPSA) is 76.4 Å². The molecule has 0 radical (unpaired) electrons. The highest BCUT2D eigenvalue weighted by Gasteiger charge is 2.13. The van der Waals surface area contributed by atoms with Crippen LogP contribution in [0.5, 0.6) is 0 Å². The summed E-state index contributed by atoms with van der Waals surface area (Å²) in [6.45, 7) is 2.78. The standard InChI is InChI=1S/C8H13N3O3/c1-3-11-6(5-9-13)4-7(10-11)8(12)14-2/h4,9,13H,3,5H2,1-2H3. The third-order valence-corrected chi connectivity index (χ3v) is 1.82. The number of nitrogens with one attached hydrogen (secondary N) is 1. The van der Waals surface area contributed by atoms with Crippen molar-refractivity contribution in [2.24, 2.45) is 0 Å². The van der Waals surface area contributed by atoms with E-state index in [4.69, 9.17) is 5.21 Å². The lowest BCUT2D eigenvalue weighted by molar-refractivity contribution is 0.0593. The van der Waals surface area contributed by atoms with Crippen molar-refractivity contribution in [1.82, 2.24) is 15.3 Å². The summed E-state index contributed by atoms with van der Waals surface area (Å²) in [7, 11) is 1.30. The van der Waals surface area contributed by atoms with E-state index in [1.54, 1.807) is 10.7 Å². The highest BCUT2D eigenvalue weighted by molar-refractivity contribution is 5.87. The first-order chi connectivity index (χ1) is 6.72. The summed E-state index contributed by atoms with van der Waals surface area (Å²) in [5, 5.41) is 12.5. The zero-order chi connectivity index (χ0) is 10.6. The van der Waals surface area contributed by atoms with Gasteiger partial charge in [-0.15, -0.1) is 0 Å². The molecule has 78 valence electrons. The van der Waals surface area contributed by atoms with Crippen LogP contribution in [0.4, 0.5) is 0 Å². The highest BCUT2D eigenvalue weighted by atomic mass is 16.5. The third-order valence-electron chi connectivity index (χ3n) is 1.82. The van der Waals surface area contributed by atoms with Crippen molar-refractivity contribution in [3.63, 3.8) is 0 Å². The van der Waals surface area contributed by atoms with E-state index in [9.17, 15) is 4.79 Å². The second-order valence-corrected chi connectivity index (χ2v) is 2.66. The number of aryl methyl sites for hydroxylation is 1. The molecule has 14 heavy (non-hydrogen) atoms. The van der Waals surface area contributed by atoms with Crippen molar-refractivity contribution < 1.29 is 14.7 Å². The lowest BCUT2D eigenvalue weighted by Crippen LogP contribution is -2.12. The minimum absolute atomic E-state index is 0.248. The van der Waals surface area contributed by atoms with Crippen molar-refractivity contribution in [2.75, 3.05) is 7.11 Å². The van der Waals surface area contributed by atoms with Gasteiger partial charge in [0.1, 0.15) is 0 Å². The molecule has 0 aliphatic heterocycles. The molecule has 2 N–H and O–H groups in total. The van der Waals surface area contributed by atoms with Crippen LogP contribution < -0.4 is 5.48 Å². The number of esters is 1. The molecule has 6 heteroatoms. The van der Waals surface area contributed by atoms with Gasteiger partial charge in [-0.05, 0) is 13.0 Å². The van der Waals surface area contributed by atoms with Gasteiger partial charge in [-0.3, -0.25) is 4.68 Å². The lowest BCUT2D eigenvalue weighted by Gasteiger charge is -2.01. The number of methoxy groups -OCH3 is 1. The summed E-state index contributed by atoms with van der Waals surface area (Å²) in [4.78, 5) is 11.1. The average Bonchev–Trinajstić information content (AvgIpc) is 2.60. The number of carbonyl (C=O) groups excluding carboxylic acids is 1. The Labute approximate surface area is 81.4 Å². The molecule has 0 aliphatic carbocycles. The number of carbonyl (C=O) groups is 1. The predicted octanol–water partition coefficient (Wildman–Crippen LogP) is 0.168. The first-order valence-electron chi connectivity index (χ1n) is 4.25. The SMILES string of the molecule is CCn1nc(C(=O)OC)cc1CNO. The van der Waals surface area contributed by atoms with Crippen molar-refractivity contribution in [3.05, 3.63) is 17.5 Å². The Balaban J connectivity index is 2.94. The summed E-state index contributed by atoms with van der Waals surface area (Å²) in [5.41, 5.74) is 3.00. The molecule has 0 bridgehead atoms. The minimum Gasteiger partial charge on any atom is -0.464 e. The molecule has 0 amide bonds. The normalized spacial score (nSPS) is 10.2. The number of nitrogens with zero attached hydrogens (tertiary/aromatic N) is 2. The molecule has 1 aromatic rings. The van der Waals surface area contributed by atoms with E-state index in [0.29, 0.717) is 6.54 Å². The minimum atomic E-state index is -0.476. The van der Waals surface area contributed by atoms with Crippen molar-refractivity contribution in [1.29, 1.82) is 0 Å². The van der Waals surface area contributed by atoms with Crippen LogP contribution in [0.3, 0.4) is 0 Å². The maximum absolute atomic E-state index is 11.1. The molecule has 0 fully saturated rings. The summed E-state index contributed by atoms with van der Waals surface area (Å²) in [6.07, 6.45) is 0. The quantitative estimate of drug-likeness (QED) is 0.534.